The van der Waals surface area contributed by atoms with Crippen LogP contribution in [0.2, 0.25) is 0 Å². The van der Waals surface area contributed by atoms with Crippen LogP contribution >= 0.6 is 0 Å². The minimum absolute atomic E-state index is 0. The van der Waals surface area contributed by atoms with Crippen LogP contribution in [-0.2, 0) is 17.1 Å². The first kappa shape index (κ1) is 22.8. The molecule has 5 nitrogen and oxygen atoms in total. The summed E-state index contributed by atoms with van der Waals surface area (Å²) in [5.74, 6) is 0. The summed E-state index contributed by atoms with van der Waals surface area (Å²) >= 11 is 0. The normalized spacial score (nSPS) is 6.67. The minimum Gasteiger partial charge on any atom is -0.870 e. The molecule has 0 aliphatic heterocycles. The van der Waals surface area contributed by atoms with Crippen molar-refractivity contribution in [3.05, 3.63) is 0 Å². The van der Waals surface area contributed by atoms with Gasteiger partial charge in [-0.15, -0.1) is 0 Å². The monoisotopic (exact) mass is 189 g/mol. The van der Waals surface area contributed by atoms with Gasteiger partial charge in [0.15, 0.2) is 0 Å². The molecule has 0 aromatic carbocycles. The van der Waals surface area contributed by atoms with Gasteiger partial charge in [0, 0.05) is 0 Å². The summed E-state index contributed by atoms with van der Waals surface area (Å²) < 4.78 is 0. The van der Waals surface area contributed by atoms with E-state index < -0.39 is 6.10 Å². The van der Waals surface area contributed by atoms with Crippen molar-refractivity contribution in [1.82, 2.24) is 0 Å². The van der Waals surface area contributed by atoms with E-state index in [1.165, 1.54) is 0 Å². The van der Waals surface area contributed by atoms with Crippen molar-refractivity contribution in [2.24, 2.45) is 0 Å². The number of hydrogen-bond donors (Lipinski definition) is 3. The number of hydrogen-bond acceptors (Lipinski definition) is 5. The van der Waals surface area contributed by atoms with E-state index in [1.54, 1.807) is 0 Å². The molecule has 0 spiro atoms. The molecule has 0 saturated heterocycles. The first-order chi connectivity index (χ1) is 2.81. The quantitative estimate of drug-likeness (QED) is 0.433. The van der Waals surface area contributed by atoms with Crippen LogP contribution < -0.4 is 0 Å². The molecule has 0 saturated carbocycles. The Labute approximate surface area is 63.4 Å². The Morgan fingerprint density at radius 3 is 1.22 bits per heavy atom. The van der Waals surface area contributed by atoms with Gasteiger partial charge < -0.3 is 26.3 Å². The van der Waals surface area contributed by atoms with Gasteiger partial charge in [-0.1, -0.05) is 0 Å². The Balaban J connectivity index is -0.0000000417. The van der Waals surface area contributed by atoms with E-state index in [4.69, 9.17) is 15.3 Å². The van der Waals surface area contributed by atoms with Crippen LogP contribution in [0.1, 0.15) is 0 Å². The predicted molar refractivity (Wildman–Crippen MR) is 24.0 cm³/mol. The molecule has 0 aromatic heterocycles. The zero-order valence-corrected chi connectivity index (χ0v) is 5.47. The fraction of sp³-hybridized carbons (Fsp3) is 1.00. The van der Waals surface area contributed by atoms with Gasteiger partial charge in [0.05, 0.1) is 13.2 Å². The predicted octanol–water partition coefficient (Wildman–Crippen LogP) is -2.02. The molecule has 0 rings (SSSR count). The maximum absolute atomic E-state index is 8.17. The summed E-state index contributed by atoms with van der Waals surface area (Å²) in [6, 6.07) is 0. The zero-order chi connectivity index (χ0) is 4.99. The smallest absolute Gasteiger partial charge is 0.870 e. The number of aliphatic hydroxyl groups excluding tert-OH is 3. The third kappa shape index (κ3) is 17.8. The van der Waals surface area contributed by atoms with E-state index in [-0.39, 0.29) is 41.2 Å². The molecule has 0 unspecified atom stereocenters. The van der Waals surface area contributed by atoms with E-state index in [9.17, 15) is 0 Å². The summed E-state index contributed by atoms with van der Waals surface area (Å²) in [5.41, 5.74) is 0. The number of aliphatic hydroxyl groups is 3. The van der Waals surface area contributed by atoms with Crippen LogP contribution in [0.15, 0.2) is 0 Å². The van der Waals surface area contributed by atoms with Crippen molar-refractivity contribution in [2.75, 3.05) is 13.2 Å². The Bertz CT molecular complexity index is 31.4. The van der Waals surface area contributed by atoms with Crippen molar-refractivity contribution in [3.63, 3.8) is 0 Å². The minimum atomic E-state index is -0.954. The van der Waals surface area contributed by atoms with Gasteiger partial charge in [-0.2, -0.15) is 0 Å². The van der Waals surface area contributed by atoms with Gasteiger partial charge in [0.2, 0.25) is 0 Å². The third-order valence-electron chi connectivity index (χ3n) is 0.421. The molecular formula is C3H10CuO5. The number of rotatable bonds is 2. The molecule has 0 atom stereocenters. The van der Waals surface area contributed by atoms with E-state index in [1.807, 2.05) is 0 Å². The van der Waals surface area contributed by atoms with Crippen LogP contribution in [0, 0.1) is 0 Å². The van der Waals surface area contributed by atoms with Crippen molar-refractivity contribution in [2.45, 2.75) is 6.10 Å². The molecule has 0 heterocycles. The summed E-state index contributed by atoms with van der Waals surface area (Å²) in [6.07, 6.45) is -0.954. The molecule has 0 aliphatic carbocycles. The third-order valence-corrected chi connectivity index (χ3v) is 0.421. The van der Waals surface area contributed by atoms with E-state index >= 15 is 0 Å². The van der Waals surface area contributed by atoms with Gasteiger partial charge in [0.1, 0.15) is 6.10 Å². The van der Waals surface area contributed by atoms with E-state index in [0.29, 0.717) is 0 Å². The van der Waals surface area contributed by atoms with Crippen LogP contribution in [0.5, 0.6) is 0 Å². The standard InChI is InChI=1S/C3H8O3.Cu.2H2O/c4-1-3(6)2-5;;;/h3-6H,1-2H2;;2*1H2/q;+2;;/p-2. The van der Waals surface area contributed by atoms with E-state index in [0.717, 1.165) is 0 Å². The molecule has 0 aromatic rings. The molecule has 1 radical (unpaired) electrons. The van der Waals surface area contributed by atoms with Crippen LogP contribution in [0.3, 0.4) is 0 Å². The van der Waals surface area contributed by atoms with Gasteiger partial charge >= 0.3 is 17.1 Å². The summed E-state index contributed by atoms with van der Waals surface area (Å²) in [6.45, 7) is -0.729. The van der Waals surface area contributed by atoms with E-state index in [2.05, 4.69) is 0 Å². The molecular weight excluding hydrogens is 180 g/mol. The Morgan fingerprint density at radius 2 is 1.22 bits per heavy atom. The molecule has 0 bridgehead atoms. The van der Waals surface area contributed by atoms with Crippen LogP contribution in [0.4, 0.5) is 0 Å². The topological polar surface area (TPSA) is 121 Å². The summed E-state index contributed by atoms with van der Waals surface area (Å²) in [7, 11) is 0. The molecule has 5 N–H and O–H groups in total. The van der Waals surface area contributed by atoms with Crippen molar-refractivity contribution < 1.29 is 43.3 Å². The average molecular weight is 190 g/mol. The van der Waals surface area contributed by atoms with Crippen molar-refractivity contribution in [3.8, 4) is 0 Å². The Hall–Kier alpha value is 0.319. The zero-order valence-electron chi connectivity index (χ0n) is 4.53. The SMILES string of the molecule is OCC(O)CO.[Cu+2].[OH-].[OH-]. The molecule has 0 aliphatic rings. The summed E-state index contributed by atoms with van der Waals surface area (Å²) in [4.78, 5) is 0. The molecule has 63 valence electrons. The van der Waals surface area contributed by atoms with Gasteiger partial charge in [-0.05, 0) is 0 Å². The second kappa shape index (κ2) is 15.8. The van der Waals surface area contributed by atoms with Crippen molar-refractivity contribution >= 4 is 0 Å². The maximum atomic E-state index is 8.17. The largest absolute Gasteiger partial charge is 2.00 e. The summed E-state index contributed by atoms with van der Waals surface area (Å²) in [5, 5.41) is 24.0. The average Bonchev–Trinajstić information content (AvgIpc) is 1.65. The van der Waals surface area contributed by atoms with Crippen molar-refractivity contribution in [1.29, 1.82) is 0 Å². The van der Waals surface area contributed by atoms with Crippen LogP contribution in [-0.4, -0.2) is 45.6 Å². The molecule has 6 heteroatoms. The fourth-order valence-electron chi connectivity index (χ4n) is 0.0577. The molecule has 0 amide bonds. The van der Waals surface area contributed by atoms with Crippen LogP contribution in [0.25, 0.3) is 0 Å². The van der Waals surface area contributed by atoms with Gasteiger partial charge in [-0.3, -0.25) is 0 Å². The Morgan fingerprint density at radius 1 is 1.00 bits per heavy atom. The maximum Gasteiger partial charge on any atom is 2.00 e. The van der Waals surface area contributed by atoms with Gasteiger partial charge in [-0.25, -0.2) is 0 Å². The second-order valence-electron chi connectivity index (χ2n) is 1.02. The Kier molecular flexibility index (Phi) is 39.9. The van der Waals surface area contributed by atoms with Gasteiger partial charge in [0.25, 0.3) is 0 Å². The molecule has 9 heavy (non-hydrogen) atoms. The fourth-order valence-corrected chi connectivity index (χ4v) is 0.0577. The first-order valence-corrected chi connectivity index (χ1v) is 1.71. The second-order valence-corrected chi connectivity index (χ2v) is 1.02. The first-order valence-electron chi connectivity index (χ1n) is 1.71. The molecule has 0 fully saturated rings.